The summed E-state index contributed by atoms with van der Waals surface area (Å²) in [5.74, 6) is -0.431. The molecule has 0 amide bonds. The number of nitriles is 1. The summed E-state index contributed by atoms with van der Waals surface area (Å²) in [4.78, 5) is 0.989. The molecule has 0 unspecified atom stereocenters. The van der Waals surface area contributed by atoms with Gasteiger partial charge in [0.15, 0.2) is 5.69 Å². The molecule has 0 atom stereocenters. The van der Waals surface area contributed by atoms with Gasteiger partial charge in [-0.15, -0.1) is 5.10 Å². The molecule has 0 spiro atoms. The average Bonchev–Trinajstić information content (AvgIpc) is 2.99. The predicted molar refractivity (Wildman–Crippen MR) is 80.7 cm³/mol. The van der Waals surface area contributed by atoms with E-state index in [9.17, 15) is 4.39 Å². The van der Waals surface area contributed by atoms with Crippen LogP contribution in [-0.2, 0) is 0 Å². The molecule has 2 heterocycles. The van der Waals surface area contributed by atoms with E-state index in [1.165, 1.54) is 17.8 Å². The minimum Gasteiger partial charge on any atom is -0.205 e. The first-order valence-corrected chi connectivity index (χ1v) is 7.27. The number of H-pyrrole nitrogens is 1. The SMILES string of the molecule is N#Cc1n[nH]nc1C1=CSC(c2ccc(F)c(Cl)c2)=CC1. The first-order valence-electron chi connectivity index (χ1n) is 6.01. The molecule has 4 nitrogen and oxygen atoms in total. The Morgan fingerprint density at radius 2 is 2.24 bits per heavy atom. The normalized spacial score (nSPS) is 14.3. The monoisotopic (exact) mass is 318 g/mol. The fourth-order valence-corrected chi connectivity index (χ4v) is 3.05. The molecule has 1 aliphatic rings. The van der Waals surface area contributed by atoms with Crippen LogP contribution in [0.2, 0.25) is 5.02 Å². The molecule has 21 heavy (non-hydrogen) atoms. The molecular formula is C14H8ClFN4S. The molecule has 3 rings (SSSR count). The Morgan fingerprint density at radius 3 is 2.90 bits per heavy atom. The second kappa shape index (κ2) is 5.72. The maximum absolute atomic E-state index is 13.2. The van der Waals surface area contributed by atoms with Gasteiger partial charge in [-0.3, -0.25) is 0 Å². The quantitative estimate of drug-likeness (QED) is 0.909. The third-order valence-electron chi connectivity index (χ3n) is 3.00. The summed E-state index contributed by atoms with van der Waals surface area (Å²) in [6.07, 6.45) is 2.62. The lowest BCUT2D eigenvalue weighted by Gasteiger charge is -2.12. The number of nitrogens with one attached hydrogen (secondary N) is 1. The Morgan fingerprint density at radius 1 is 1.38 bits per heavy atom. The summed E-state index contributed by atoms with van der Waals surface area (Å²) in [7, 11) is 0. The molecule has 0 saturated heterocycles. The summed E-state index contributed by atoms with van der Waals surface area (Å²) in [5.41, 5.74) is 2.63. The molecule has 2 aromatic rings. The largest absolute Gasteiger partial charge is 0.205 e. The third-order valence-corrected chi connectivity index (χ3v) is 4.35. The zero-order valence-corrected chi connectivity index (χ0v) is 12.2. The highest BCUT2D eigenvalue weighted by Crippen LogP contribution is 2.38. The van der Waals surface area contributed by atoms with Crippen molar-refractivity contribution in [2.45, 2.75) is 6.42 Å². The van der Waals surface area contributed by atoms with E-state index >= 15 is 0 Å². The molecule has 0 fully saturated rings. The molecule has 0 bridgehead atoms. The van der Waals surface area contributed by atoms with Crippen molar-refractivity contribution in [3.05, 3.63) is 57.5 Å². The summed E-state index contributed by atoms with van der Waals surface area (Å²) in [6.45, 7) is 0. The number of aromatic nitrogens is 3. The Balaban J connectivity index is 1.83. The Bertz CT molecular complexity index is 804. The molecule has 0 aliphatic carbocycles. The highest BCUT2D eigenvalue weighted by Gasteiger charge is 2.16. The van der Waals surface area contributed by atoms with Crippen LogP contribution in [0, 0.1) is 17.1 Å². The van der Waals surface area contributed by atoms with E-state index in [1.807, 2.05) is 17.6 Å². The van der Waals surface area contributed by atoms with Crippen LogP contribution in [0.3, 0.4) is 0 Å². The number of nitrogens with zero attached hydrogens (tertiary/aromatic N) is 3. The zero-order valence-electron chi connectivity index (χ0n) is 10.6. The minimum atomic E-state index is -0.431. The minimum absolute atomic E-state index is 0.104. The van der Waals surface area contributed by atoms with Gasteiger partial charge in [0.05, 0.1) is 5.02 Å². The van der Waals surface area contributed by atoms with Crippen LogP contribution in [0.25, 0.3) is 10.5 Å². The molecule has 0 radical (unpaired) electrons. The Hall–Kier alpha value is -2.10. The number of rotatable bonds is 2. The van der Waals surface area contributed by atoms with Gasteiger partial charge in [0.1, 0.15) is 17.6 Å². The van der Waals surface area contributed by atoms with Crippen LogP contribution >= 0.6 is 23.4 Å². The summed E-state index contributed by atoms with van der Waals surface area (Å²) < 4.78 is 13.2. The van der Waals surface area contributed by atoms with Gasteiger partial charge in [-0.2, -0.15) is 15.6 Å². The second-order valence-corrected chi connectivity index (χ2v) is 5.61. The number of allylic oxidation sites excluding steroid dienone is 2. The smallest absolute Gasteiger partial charge is 0.190 e. The van der Waals surface area contributed by atoms with Crippen molar-refractivity contribution in [3.8, 4) is 6.07 Å². The lowest BCUT2D eigenvalue weighted by atomic mass is 10.1. The fourth-order valence-electron chi connectivity index (χ4n) is 1.95. The highest BCUT2D eigenvalue weighted by molar-refractivity contribution is 8.11. The molecule has 1 N–H and O–H groups in total. The van der Waals surface area contributed by atoms with Crippen molar-refractivity contribution < 1.29 is 4.39 Å². The van der Waals surface area contributed by atoms with E-state index in [1.54, 1.807) is 12.1 Å². The summed E-state index contributed by atoms with van der Waals surface area (Å²) in [5, 5.41) is 21.2. The van der Waals surface area contributed by atoms with Crippen molar-refractivity contribution >= 4 is 33.8 Å². The van der Waals surface area contributed by atoms with Crippen molar-refractivity contribution in [3.63, 3.8) is 0 Å². The predicted octanol–water partition coefficient (Wildman–Crippen LogP) is 3.99. The van der Waals surface area contributed by atoms with Crippen LogP contribution in [0.15, 0.2) is 29.7 Å². The van der Waals surface area contributed by atoms with E-state index in [4.69, 9.17) is 16.9 Å². The summed E-state index contributed by atoms with van der Waals surface area (Å²) in [6, 6.07) is 6.64. The van der Waals surface area contributed by atoms with E-state index in [-0.39, 0.29) is 10.7 Å². The van der Waals surface area contributed by atoms with Gasteiger partial charge in [-0.05, 0) is 35.1 Å². The molecule has 0 saturated carbocycles. The average molecular weight is 319 g/mol. The first-order chi connectivity index (χ1) is 10.2. The van der Waals surface area contributed by atoms with Crippen LogP contribution in [0.1, 0.15) is 23.4 Å². The fraction of sp³-hybridized carbons (Fsp3) is 0.0714. The van der Waals surface area contributed by atoms with Gasteiger partial charge >= 0.3 is 0 Å². The molecule has 104 valence electrons. The Kier molecular flexibility index (Phi) is 3.78. The molecule has 7 heteroatoms. The third kappa shape index (κ3) is 2.71. The van der Waals surface area contributed by atoms with Gasteiger partial charge in [0.25, 0.3) is 0 Å². The summed E-state index contributed by atoms with van der Waals surface area (Å²) >= 11 is 7.28. The maximum atomic E-state index is 13.2. The number of halogens is 2. The zero-order chi connectivity index (χ0) is 14.8. The van der Waals surface area contributed by atoms with Crippen molar-refractivity contribution in [2.75, 3.05) is 0 Å². The van der Waals surface area contributed by atoms with E-state index in [0.29, 0.717) is 12.1 Å². The molecule has 1 aromatic carbocycles. The van der Waals surface area contributed by atoms with E-state index in [0.717, 1.165) is 16.0 Å². The van der Waals surface area contributed by atoms with Crippen molar-refractivity contribution in [2.24, 2.45) is 0 Å². The molecule has 1 aliphatic heterocycles. The van der Waals surface area contributed by atoms with E-state index < -0.39 is 5.82 Å². The van der Waals surface area contributed by atoms with Gasteiger partial charge in [0, 0.05) is 4.91 Å². The maximum Gasteiger partial charge on any atom is 0.190 e. The molecular weight excluding hydrogens is 311 g/mol. The Labute approximate surface area is 129 Å². The van der Waals surface area contributed by atoms with Crippen LogP contribution in [0.5, 0.6) is 0 Å². The van der Waals surface area contributed by atoms with E-state index in [2.05, 4.69) is 15.4 Å². The lowest BCUT2D eigenvalue weighted by Crippen LogP contribution is -1.92. The topological polar surface area (TPSA) is 65.4 Å². The van der Waals surface area contributed by atoms with Gasteiger partial charge in [-0.1, -0.05) is 35.5 Å². The van der Waals surface area contributed by atoms with Crippen molar-refractivity contribution in [1.29, 1.82) is 5.26 Å². The highest BCUT2D eigenvalue weighted by atomic mass is 35.5. The van der Waals surface area contributed by atoms with Crippen LogP contribution < -0.4 is 0 Å². The number of hydrogen-bond donors (Lipinski definition) is 1. The second-order valence-electron chi connectivity index (χ2n) is 4.29. The number of benzene rings is 1. The van der Waals surface area contributed by atoms with Gasteiger partial charge in [-0.25, -0.2) is 4.39 Å². The van der Waals surface area contributed by atoms with Crippen LogP contribution in [-0.4, -0.2) is 15.4 Å². The number of hydrogen-bond acceptors (Lipinski definition) is 4. The number of aromatic amines is 1. The first kappa shape index (κ1) is 13.9. The van der Waals surface area contributed by atoms with Crippen LogP contribution in [0.4, 0.5) is 4.39 Å². The van der Waals surface area contributed by atoms with Gasteiger partial charge in [0.2, 0.25) is 0 Å². The van der Waals surface area contributed by atoms with Gasteiger partial charge < -0.3 is 0 Å². The van der Waals surface area contributed by atoms with Crippen molar-refractivity contribution in [1.82, 2.24) is 15.4 Å². The standard InChI is InChI=1S/C14H8ClFN4S/c15-10-5-8(1-3-11(10)16)13-4-2-9(7-21-13)14-12(6-17)18-20-19-14/h1,3-5,7H,2H2,(H,18,19,20). The number of thioether (sulfide) groups is 1. The molecule has 1 aromatic heterocycles. The lowest BCUT2D eigenvalue weighted by molar-refractivity contribution is 0.628.